The van der Waals surface area contributed by atoms with Crippen LogP contribution in [0.5, 0.6) is 0 Å². The minimum Gasteiger partial charge on any atom is -0.301 e. The molecule has 0 aliphatic carbocycles. The second-order valence-corrected chi connectivity index (χ2v) is 2.15. The van der Waals surface area contributed by atoms with Gasteiger partial charge in [-0.05, 0) is 13.5 Å². The molecule has 0 spiro atoms. The van der Waals surface area contributed by atoms with Gasteiger partial charge in [0.2, 0.25) is 0 Å². The molecule has 0 aromatic rings. The van der Waals surface area contributed by atoms with Gasteiger partial charge < -0.3 is 5.32 Å². The van der Waals surface area contributed by atoms with Crippen LogP contribution in [0.3, 0.4) is 0 Å². The first-order chi connectivity index (χ1) is 4.85. The van der Waals surface area contributed by atoms with Crippen LogP contribution in [-0.2, 0) is 0 Å². The summed E-state index contributed by atoms with van der Waals surface area (Å²) >= 11 is 0. The number of rotatable bonds is 5. The lowest BCUT2D eigenvalue weighted by Crippen LogP contribution is -2.06. The van der Waals surface area contributed by atoms with Crippen LogP contribution in [0.1, 0.15) is 13.3 Å². The normalized spacial score (nSPS) is 13.8. The van der Waals surface area contributed by atoms with Gasteiger partial charge in [0.1, 0.15) is 0 Å². The van der Waals surface area contributed by atoms with Crippen molar-refractivity contribution in [2.24, 2.45) is 10.9 Å². The molecular weight excluding hydrogens is 124 g/mol. The topological polar surface area (TPSA) is 24.4 Å². The Kier molecular flexibility index (Phi) is 6.08. The van der Waals surface area contributed by atoms with E-state index in [1.807, 2.05) is 19.3 Å². The Morgan fingerprint density at radius 2 is 2.40 bits per heavy atom. The zero-order valence-electron chi connectivity index (χ0n) is 6.80. The number of nitrogens with zero attached hydrogens (tertiary/aromatic N) is 1. The summed E-state index contributed by atoms with van der Waals surface area (Å²) < 4.78 is 0. The first kappa shape index (κ1) is 9.37. The SMILES string of the molecule is C=CC(/C=N\CNC)CC. The summed E-state index contributed by atoms with van der Waals surface area (Å²) in [5, 5.41) is 2.94. The van der Waals surface area contributed by atoms with E-state index in [1.165, 1.54) is 0 Å². The summed E-state index contributed by atoms with van der Waals surface area (Å²) in [6.45, 7) is 6.52. The zero-order valence-corrected chi connectivity index (χ0v) is 6.80. The van der Waals surface area contributed by atoms with Crippen LogP contribution in [-0.4, -0.2) is 19.9 Å². The van der Waals surface area contributed by atoms with Gasteiger partial charge in [0.15, 0.2) is 0 Å². The minimum atomic E-state index is 0.438. The molecule has 0 aromatic heterocycles. The van der Waals surface area contributed by atoms with Crippen LogP contribution in [0.4, 0.5) is 0 Å². The highest BCUT2D eigenvalue weighted by atomic mass is 15.0. The molecule has 0 rings (SSSR count). The van der Waals surface area contributed by atoms with Crippen molar-refractivity contribution in [1.29, 1.82) is 0 Å². The highest BCUT2D eigenvalue weighted by molar-refractivity contribution is 5.62. The summed E-state index contributed by atoms with van der Waals surface area (Å²) in [7, 11) is 1.88. The Morgan fingerprint density at radius 1 is 1.70 bits per heavy atom. The van der Waals surface area contributed by atoms with Crippen molar-refractivity contribution in [3.8, 4) is 0 Å². The van der Waals surface area contributed by atoms with E-state index in [9.17, 15) is 0 Å². The Bertz CT molecular complexity index is 108. The van der Waals surface area contributed by atoms with Crippen molar-refractivity contribution in [2.45, 2.75) is 13.3 Å². The number of nitrogens with one attached hydrogen (secondary N) is 1. The van der Waals surface area contributed by atoms with E-state index in [4.69, 9.17) is 0 Å². The molecule has 1 unspecified atom stereocenters. The summed E-state index contributed by atoms with van der Waals surface area (Å²) in [6, 6.07) is 0. The van der Waals surface area contributed by atoms with Crippen LogP contribution in [0.25, 0.3) is 0 Å². The summed E-state index contributed by atoms with van der Waals surface area (Å²) in [5.41, 5.74) is 0. The molecule has 0 fully saturated rings. The van der Waals surface area contributed by atoms with Crippen molar-refractivity contribution >= 4 is 6.21 Å². The van der Waals surface area contributed by atoms with Crippen molar-refractivity contribution in [1.82, 2.24) is 5.32 Å². The van der Waals surface area contributed by atoms with Crippen LogP contribution in [0.2, 0.25) is 0 Å². The standard InChI is InChI=1S/C8H16N2/c1-4-8(5-2)6-10-7-9-3/h4,6,8-9H,1,5,7H2,2-3H3/b10-6-. The predicted molar refractivity (Wildman–Crippen MR) is 46.4 cm³/mol. The molecule has 10 heavy (non-hydrogen) atoms. The third kappa shape index (κ3) is 4.27. The third-order valence-corrected chi connectivity index (χ3v) is 1.32. The van der Waals surface area contributed by atoms with E-state index in [-0.39, 0.29) is 0 Å². The van der Waals surface area contributed by atoms with E-state index in [2.05, 4.69) is 23.8 Å². The predicted octanol–water partition coefficient (Wildman–Crippen LogP) is 1.45. The average Bonchev–Trinajstić information content (AvgIpc) is 1.99. The fraction of sp³-hybridized carbons (Fsp3) is 0.625. The minimum absolute atomic E-state index is 0.438. The number of aliphatic imine (C=N–C) groups is 1. The lowest BCUT2D eigenvalue weighted by molar-refractivity contribution is 0.798. The molecule has 0 aromatic carbocycles. The maximum atomic E-state index is 4.12. The second-order valence-electron chi connectivity index (χ2n) is 2.15. The largest absolute Gasteiger partial charge is 0.301 e. The number of hydrogen-bond donors (Lipinski definition) is 1. The smallest absolute Gasteiger partial charge is 0.0878 e. The molecule has 1 atom stereocenters. The molecule has 0 bridgehead atoms. The van der Waals surface area contributed by atoms with E-state index in [0.29, 0.717) is 12.6 Å². The Labute approximate surface area is 63.0 Å². The maximum Gasteiger partial charge on any atom is 0.0878 e. The molecular formula is C8H16N2. The molecule has 58 valence electrons. The highest BCUT2D eigenvalue weighted by Crippen LogP contribution is 1.98. The van der Waals surface area contributed by atoms with Crippen LogP contribution >= 0.6 is 0 Å². The third-order valence-electron chi connectivity index (χ3n) is 1.32. The lowest BCUT2D eigenvalue weighted by atomic mass is 10.1. The van der Waals surface area contributed by atoms with Gasteiger partial charge >= 0.3 is 0 Å². The van der Waals surface area contributed by atoms with Gasteiger partial charge in [-0.3, -0.25) is 4.99 Å². The van der Waals surface area contributed by atoms with Crippen molar-refractivity contribution in [3.63, 3.8) is 0 Å². The molecule has 0 heterocycles. The monoisotopic (exact) mass is 140 g/mol. The highest BCUT2D eigenvalue weighted by Gasteiger charge is 1.92. The average molecular weight is 140 g/mol. The summed E-state index contributed by atoms with van der Waals surface area (Å²) in [5.74, 6) is 0.438. The van der Waals surface area contributed by atoms with E-state index < -0.39 is 0 Å². The van der Waals surface area contributed by atoms with Gasteiger partial charge in [0.05, 0.1) is 6.67 Å². The van der Waals surface area contributed by atoms with Gasteiger partial charge in [-0.2, -0.15) is 0 Å². The van der Waals surface area contributed by atoms with Crippen molar-refractivity contribution in [2.75, 3.05) is 13.7 Å². The maximum absolute atomic E-state index is 4.12. The van der Waals surface area contributed by atoms with E-state index in [1.54, 1.807) is 0 Å². The summed E-state index contributed by atoms with van der Waals surface area (Å²) in [6.07, 6.45) is 4.93. The fourth-order valence-corrected chi connectivity index (χ4v) is 0.612. The van der Waals surface area contributed by atoms with E-state index in [0.717, 1.165) is 6.42 Å². The van der Waals surface area contributed by atoms with Crippen molar-refractivity contribution < 1.29 is 0 Å². The first-order valence-electron chi connectivity index (χ1n) is 3.62. The molecule has 0 saturated carbocycles. The number of hydrogen-bond acceptors (Lipinski definition) is 2. The van der Waals surface area contributed by atoms with Crippen LogP contribution in [0.15, 0.2) is 17.6 Å². The molecule has 1 N–H and O–H groups in total. The van der Waals surface area contributed by atoms with Crippen molar-refractivity contribution in [3.05, 3.63) is 12.7 Å². The Morgan fingerprint density at radius 3 is 2.80 bits per heavy atom. The molecule has 0 saturated heterocycles. The lowest BCUT2D eigenvalue weighted by Gasteiger charge is -1.99. The second kappa shape index (κ2) is 6.49. The van der Waals surface area contributed by atoms with Gasteiger partial charge in [-0.1, -0.05) is 13.0 Å². The van der Waals surface area contributed by atoms with Crippen LogP contribution in [0, 0.1) is 5.92 Å². The molecule has 0 amide bonds. The zero-order chi connectivity index (χ0) is 7.82. The van der Waals surface area contributed by atoms with Gasteiger partial charge in [-0.25, -0.2) is 0 Å². The number of allylic oxidation sites excluding steroid dienone is 1. The van der Waals surface area contributed by atoms with Gasteiger partial charge in [0.25, 0.3) is 0 Å². The Hall–Kier alpha value is -0.630. The molecule has 0 radical (unpaired) electrons. The van der Waals surface area contributed by atoms with Gasteiger partial charge in [0, 0.05) is 12.1 Å². The molecule has 0 aliphatic heterocycles. The molecule has 2 nitrogen and oxygen atoms in total. The molecule has 2 heteroatoms. The first-order valence-corrected chi connectivity index (χ1v) is 3.62. The van der Waals surface area contributed by atoms with E-state index >= 15 is 0 Å². The van der Waals surface area contributed by atoms with Crippen LogP contribution < -0.4 is 5.32 Å². The quantitative estimate of drug-likeness (QED) is 0.453. The molecule has 0 aliphatic rings. The summed E-state index contributed by atoms with van der Waals surface area (Å²) in [4.78, 5) is 4.12. The fourth-order valence-electron chi connectivity index (χ4n) is 0.612. The Balaban J connectivity index is 3.50. The van der Waals surface area contributed by atoms with Gasteiger partial charge in [-0.15, -0.1) is 6.58 Å².